The van der Waals surface area contributed by atoms with Crippen LogP contribution in [-0.2, 0) is 9.84 Å². The van der Waals surface area contributed by atoms with Crippen LogP contribution in [-0.4, -0.2) is 26.3 Å². The van der Waals surface area contributed by atoms with Crippen molar-refractivity contribution in [1.82, 2.24) is 4.98 Å². The molecule has 0 bridgehead atoms. The van der Waals surface area contributed by atoms with Gasteiger partial charge < -0.3 is 10.5 Å². The Morgan fingerprint density at radius 3 is 2.71 bits per heavy atom. The van der Waals surface area contributed by atoms with E-state index in [0.717, 1.165) is 6.26 Å². The molecule has 0 amide bonds. The van der Waals surface area contributed by atoms with E-state index in [1.165, 1.54) is 12.3 Å². The number of pyridine rings is 1. The average molecular weight is 216 g/mol. The van der Waals surface area contributed by atoms with Crippen LogP contribution < -0.4 is 10.5 Å². The van der Waals surface area contributed by atoms with Gasteiger partial charge in [0.2, 0.25) is 0 Å². The van der Waals surface area contributed by atoms with Gasteiger partial charge in [-0.1, -0.05) is 0 Å². The van der Waals surface area contributed by atoms with Crippen LogP contribution in [0.3, 0.4) is 0 Å². The fraction of sp³-hybridized carbons (Fsp3) is 0.375. The Morgan fingerprint density at radius 2 is 2.21 bits per heavy atom. The van der Waals surface area contributed by atoms with Gasteiger partial charge in [-0.2, -0.15) is 0 Å². The molecular weight excluding hydrogens is 204 g/mol. The molecule has 0 aliphatic heterocycles. The highest BCUT2D eigenvalue weighted by Crippen LogP contribution is 2.22. The van der Waals surface area contributed by atoms with Gasteiger partial charge in [-0.25, -0.2) is 13.4 Å². The largest absolute Gasteiger partial charge is 0.492 e. The molecule has 2 N–H and O–H groups in total. The zero-order valence-electron chi connectivity index (χ0n) is 8.02. The van der Waals surface area contributed by atoms with E-state index < -0.39 is 9.84 Å². The third-order valence-corrected chi connectivity index (χ3v) is 2.53. The second-order valence-electron chi connectivity index (χ2n) is 2.77. The first-order valence-electron chi connectivity index (χ1n) is 4.03. The monoisotopic (exact) mass is 216 g/mol. The highest BCUT2D eigenvalue weighted by Gasteiger charge is 2.11. The van der Waals surface area contributed by atoms with Gasteiger partial charge in [-0.3, -0.25) is 0 Å². The van der Waals surface area contributed by atoms with Crippen LogP contribution in [0.25, 0.3) is 0 Å². The van der Waals surface area contributed by atoms with Crippen molar-refractivity contribution in [3.63, 3.8) is 0 Å². The molecule has 0 saturated heterocycles. The van der Waals surface area contributed by atoms with E-state index in [1.54, 1.807) is 6.92 Å². The number of ether oxygens (including phenoxy) is 1. The van der Waals surface area contributed by atoms with E-state index in [0.29, 0.717) is 18.0 Å². The summed E-state index contributed by atoms with van der Waals surface area (Å²) in [5, 5.41) is -0.0323. The Kier molecular flexibility index (Phi) is 2.95. The van der Waals surface area contributed by atoms with E-state index >= 15 is 0 Å². The Balaban J connectivity index is 3.20. The van der Waals surface area contributed by atoms with Crippen molar-refractivity contribution in [1.29, 1.82) is 0 Å². The number of nitrogens with zero attached hydrogens (tertiary/aromatic N) is 1. The third kappa shape index (κ3) is 2.35. The minimum atomic E-state index is -3.31. The molecule has 1 aromatic heterocycles. The minimum Gasteiger partial charge on any atom is -0.492 e. The van der Waals surface area contributed by atoms with Crippen molar-refractivity contribution in [2.75, 3.05) is 18.6 Å². The number of hydrogen-bond acceptors (Lipinski definition) is 5. The summed E-state index contributed by atoms with van der Waals surface area (Å²) in [5.74, 6) is 0.350. The minimum absolute atomic E-state index is 0.0323. The predicted molar refractivity (Wildman–Crippen MR) is 52.9 cm³/mol. The van der Waals surface area contributed by atoms with E-state index in [4.69, 9.17) is 10.5 Å². The second kappa shape index (κ2) is 3.83. The summed E-state index contributed by atoms with van der Waals surface area (Å²) in [6.45, 7) is 2.22. The zero-order valence-corrected chi connectivity index (χ0v) is 8.84. The number of nitrogens with two attached hydrogens (primary N) is 1. The molecule has 0 fully saturated rings. The van der Waals surface area contributed by atoms with Crippen LogP contribution >= 0.6 is 0 Å². The van der Waals surface area contributed by atoms with Crippen LogP contribution in [0.2, 0.25) is 0 Å². The molecule has 0 spiro atoms. The van der Waals surface area contributed by atoms with E-state index in [1.807, 2.05) is 0 Å². The molecule has 5 nitrogen and oxygen atoms in total. The predicted octanol–water partition coefficient (Wildman–Crippen LogP) is 0.466. The number of nitrogen functional groups attached to an aromatic ring is 1. The van der Waals surface area contributed by atoms with Crippen LogP contribution in [0, 0.1) is 0 Å². The van der Waals surface area contributed by atoms with Gasteiger partial charge in [0, 0.05) is 12.3 Å². The maximum atomic E-state index is 11.1. The molecule has 0 saturated carbocycles. The Hall–Kier alpha value is -1.30. The molecule has 0 radical (unpaired) electrons. The number of sulfone groups is 1. The van der Waals surface area contributed by atoms with Gasteiger partial charge in [0.05, 0.1) is 18.5 Å². The molecule has 6 heteroatoms. The maximum Gasteiger partial charge on any atom is 0.192 e. The van der Waals surface area contributed by atoms with Crippen LogP contribution in [0.5, 0.6) is 5.75 Å². The Bertz CT molecular complexity index is 428. The summed E-state index contributed by atoms with van der Waals surface area (Å²) in [6, 6.07) is 1.33. The summed E-state index contributed by atoms with van der Waals surface area (Å²) in [4.78, 5) is 3.70. The van der Waals surface area contributed by atoms with Gasteiger partial charge in [-0.05, 0) is 6.92 Å². The lowest BCUT2D eigenvalue weighted by molar-refractivity contribution is 0.340. The average Bonchev–Trinajstić information content (AvgIpc) is 2.07. The fourth-order valence-corrected chi connectivity index (χ4v) is 1.48. The lowest BCUT2D eigenvalue weighted by atomic mass is 10.4. The first-order valence-corrected chi connectivity index (χ1v) is 5.92. The van der Waals surface area contributed by atoms with Gasteiger partial charge in [0.25, 0.3) is 0 Å². The molecule has 1 aromatic rings. The molecule has 78 valence electrons. The number of rotatable bonds is 3. The zero-order chi connectivity index (χ0) is 10.8. The molecule has 1 heterocycles. The first-order chi connectivity index (χ1) is 6.45. The lowest BCUT2D eigenvalue weighted by Gasteiger charge is -2.07. The summed E-state index contributed by atoms with van der Waals surface area (Å²) in [6.07, 6.45) is 2.36. The topological polar surface area (TPSA) is 82.3 Å². The third-order valence-electron chi connectivity index (χ3n) is 1.55. The Morgan fingerprint density at radius 1 is 1.57 bits per heavy atom. The van der Waals surface area contributed by atoms with Gasteiger partial charge in [-0.15, -0.1) is 0 Å². The fourth-order valence-electron chi connectivity index (χ4n) is 0.913. The molecule has 0 atom stereocenters. The van der Waals surface area contributed by atoms with Gasteiger partial charge >= 0.3 is 0 Å². The highest BCUT2D eigenvalue weighted by molar-refractivity contribution is 7.90. The van der Waals surface area contributed by atoms with Crippen molar-refractivity contribution >= 4 is 15.5 Å². The van der Waals surface area contributed by atoms with Crippen molar-refractivity contribution in [3.8, 4) is 5.75 Å². The van der Waals surface area contributed by atoms with Crippen molar-refractivity contribution in [2.45, 2.75) is 11.9 Å². The SMILES string of the molecule is CCOc1cc(S(C)(=O)=O)ncc1N. The van der Waals surface area contributed by atoms with Gasteiger partial charge in [0.15, 0.2) is 14.9 Å². The molecular formula is C8H12N2O3S. The molecule has 0 aliphatic carbocycles. The standard InChI is InChI=1S/C8H12N2O3S/c1-3-13-7-4-8(14(2,11)12)10-5-6(7)9/h4-5H,3,9H2,1-2H3. The van der Waals surface area contributed by atoms with Gasteiger partial charge in [0.1, 0.15) is 5.75 Å². The van der Waals surface area contributed by atoms with Crippen molar-refractivity contribution in [2.24, 2.45) is 0 Å². The molecule has 14 heavy (non-hydrogen) atoms. The summed E-state index contributed by atoms with van der Waals surface area (Å²) >= 11 is 0. The quantitative estimate of drug-likeness (QED) is 0.794. The number of aromatic nitrogens is 1. The van der Waals surface area contributed by atoms with E-state index in [2.05, 4.69) is 4.98 Å². The van der Waals surface area contributed by atoms with Crippen molar-refractivity contribution in [3.05, 3.63) is 12.3 Å². The number of hydrogen-bond donors (Lipinski definition) is 1. The molecule has 0 unspecified atom stereocenters. The number of anilines is 1. The summed E-state index contributed by atoms with van der Waals surface area (Å²) in [7, 11) is -3.31. The van der Waals surface area contributed by atoms with Crippen LogP contribution in [0.1, 0.15) is 6.92 Å². The maximum absolute atomic E-state index is 11.1. The van der Waals surface area contributed by atoms with E-state index in [-0.39, 0.29) is 5.03 Å². The molecule has 1 rings (SSSR count). The first kappa shape index (κ1) is 10.8. The van der Waals surface area contributed by atoms with Crippen LogP contribution in [0.4, 0.5) is 5.69 Å². The summed E-state index contributed by atoms with van der Waals surface area (Å²) in [5.41, 5.74) is 5.87. The second-order valence-corrected chi connectivity index (χ2v) is 4.73. The van der Waals surface area contributed by atoms with Crippen LogP contribution in [0.15, 0.2) is 17.3 Å². The van der Waals surface area contributed by atoms with E-state index in [9.17, 15) is 8.42 Å². The molecule has 0 aromatic carbocycles. The Labute approximate surface area is 82.8 Å². The van der Waals surface area contributed by atoms with Crippen molar-refractivity contribution < 1.29 is 13.2 Å². The summed E-state index contributed by atoms with van der Waals surface area (Å²) < 4.78 is 27.4. The molecule has 0 aliphatic rings. The highest BCUT2D eigenvalue weighted by atomic mass is 32.2. The lowest BCUT2D eigenvalue weighted by Crippen LogP contribution is -2.04. The smallest absolute Gasteiger partial charge is 0.192 e. The normalized spacial score (nSPS) is 11.3.